The summed E-state index contributed by atoms with van der Waals surface area (Å²) in [7, 11) is 1.32. The molecule has 6 heteroatoms. The van der Waals surface area contributed by atoms with E-state index in [4.69, 9.17) is 9.72 Å². The largest absolute Gasteiger partial charge is 0.467 e. The number of carbonyl (C=O) groups is 2. The van der Waals surface area contributed by atoms with Crippen molar-refractivity contribution in [3.05, 3.63) is 89.3 Å². The van der Waals surface area contributed by atoms with E-state index >= 15 is 0 Å². The monoisotopic (exact) mass is 416 g/mol. The number of benzene rings is 2. The van der Waals surface area contributed by atoms with Gasteiger partial charge in [-0.25, -0.2) is 9.78 Å². The summed E-state index contributed by atoms with van der Waals surface area (Å²) in [5.41, 5.74) is 2.87. The first-order valence-corrected chi connectivity index (χ1v) is 10.4. The Labute approximate surface area is 178 Å². The maximum absolute atomic E-state index is 13.3. The molecule has 0 saturated heterocycles. The zero-order valence-electron chi connectivity index (χ0n) is 16.4. The van der Waals surface area contributed by atoms with Crippen LogP contribution in [0.1, 0.15) is 15.9 Å². The van der Waals surface area contributed by atoms with Gasteiger partial charge in [0.1, 0.15) is 6.04 Å². The van der Waals surface area contributed by atoms with Gasteiger partial charge in [0.2, 0.25) is 0 Å². The van der Waals surface area contributed by atoms with E-state index in [9.17, 15) is 9.59 Å². The smallest absolute Gasteiger partial charge is 0.328 e. The molecule has 4 rings (SSSR count). The van der Waals surface area contributed by atoms with Crippen molar-refractivity contribution in [2.24, 2.45) is 0 Å². The summed E-state index contributed by atoms with van der Waals surface area (Å²) < 4.78 is 4.93. The van der Waals surface area contributed by atoms with Crippen LogP contribution in [0.4, 0.5) is 0 Å². The lowest BCUT2D eigenvalue weighted by Crippen LogP contribution is -2.43. The average Bonchev–Trinajstić information content (AvgIpc) is 3.33. The summed E-state index contributed by atoms with van der Waals surface area (Å²) in [6, 6.07) is 21.9. The zero-order chi connectivity index (χ0) is 20.9. The van der Waals surface area contributed by atoms with E-state index in [2.05, 4.69) is 5.32 Å². The molecule has 2 aromatic carbocycles. The van der Waals surface area contributed by atoms with Gasteiger partial charge in [-0.2, -0.15) is 0 Å². The Balaban J connectivity index is 1.69. The molecule has 0 saturated carbocycles. The van der Waals surface area contributed by atoms with Gasteiger partial charge in [-0.15, -0.1) is 11.3 Å². The fourth-order valence-electron chi connectivity index (χ4n) is 3.34. The molecule has 0 bridgehead atoms. The number of hydrogen-bond donors (Lipinski definition) is 1. The molecule has 0 aliphatic heterocycles. The number of nitrogens with zero attached hydrogens (tertiary/aromatic N) is 1. The highest BCUT2D eigenvalue weighted by atomic mass is 32.1. The molecule has 4 aromatic rings. The molecular weight excluding hydrogens is 396 g/mol. The number of carbonyl (C=O) groups excluding carboxylic acids is 2. The minimum atomic E-state index is -0.790. The van der Waals surface area contributed by atoms with Crippen molar-refractivity contribution in [3.63, 3.8) is 0 Å². The highest BCUT2D eigenvalue weighted by Crippen LogP contribution is 2.28. The highest BCUT2D eigenvalue weighted by Gasteiger charge is 2.24. The molecule has 0 fully saturated rings. The topological polar surface area (TPSA) is 68.3 Å². The third kappa shape index (κ3) is 4.23. The molecule has 1 N–H and O–H groups in total. The summed E-state index contributed by atoms with van der Waals surface area (Å²) in [6.07, 6.45) is 0.347. The Bertz CT molecular complexity index is 1170. The number of esters is 1. The first-order valence-electron chi connectivity index (χ1n) is 9.52. The molecule has 2 heterocycles. The fourth-order valence-corrected chi connectivity index (χ4v) is 4.02. The lowest BCUT2D eigenvalue weighted by atomic mass is 10.0. The summed E-state index contributed by atoms with van der Waals surface area (Å²) in [5.74, 6) is -0.818. The first kappa shape index (κ1) is 19.8. The second-order valence-electron chi connectivity index (χ2n) is 6.79. The van der Waals surface area contributed by atoms with Crippen LogP contribution in [-0.4, -0.2) is 30.0 Å². The van der Waals surface area contributed by atoms with Crippen LogP contribution < -0.4 is 5.32 Å². The Hall–Kier alpha value is -3.51. The molecule has 0 radical (unpaired) electrons. The van der Waals surface area contributed by atoms with Crippen LogP contribution >= 0.6 is 11.3 Å². The van der Waals surface area contributed by atoms with Gasteiger partial charge >= 0.3 is 5.97 Å². The van der Waals surface area contributed by atoms with Gasteiger partial charge in [0.05, 0.1) is 28.8 Å². The van der Waals surface area contributed by atoms with E-state index in [-0.39, 0.29) is 5.91 Å². The molecule has 0 aliphatic carbocycles. The predicted molar refractivity (Wildman–Crippen MR) is 118 cm³/mol. The number of methoxy groups -OCH3 is 1. The van der Waals surface area contributed by atoms with E-state index in [1.807, 2.05) is 72.1 Å². The second-order valence-corrected chi connectivity index (χ2v) is 7.74. The number of rotatable bonds is 6. The highest BCUT2D eigenvalue weighted by molar-refractivity contribution is 7.13. The van der Waals surface area contributed by atoms with Crippen LogP contribution in [0, 0.1) is 0 Å². The number of hydrogen-bond acceptors (Lipinski definition) is 5. The van der Waals surface area contributed by atoms with Crippen molar-refractivity contribution in [2.75, 3.05) is 7.11 Å². The Kier molecular flexibility index (Phi) is 5.86. The molecule has 150 valence electrons. The molecule has 0 aliphatic rings. The maximum atomic E-state index is 13.3. The molecular formula is C24H20N2O3S. The first-order chi connectivity index (χ1) is 14.7. The van der Waals surface area contributed by atoms with Gasteiger partial charge in [0, 0.05) is 11.8 Å². The lowest BCUT2D eigenvalue weighted by Gasteiger charge is -2.17. The van der Waals surface area contributed by atoms with Crippen LogP contribution in [0.5, 0.6) is 0 Å². The van der Waals surface area contributed by atoms with Gasteiger partial charge in [-0.3, -0.25) is 4.79 Å². The Morgan fingerprint density at radius 2 is 1.80 bits per heavy atom. The standard InChI is InChI=1S/C24H20N2O3S/c1-29-24(28)21(14-16-8-3-2-4-9-16)26-23(27)18-15-20(22-12-7-13-30-22)25-19-11-6-5-10-17(18)19/h2-13,15,21H,14H2,1H3,(H,26,27)/t21-/m1/s1. The molecule has 1 amide bonds. The number of aromatic nitrogens is 1. The van der Waals surface area contributed by atoms with Crippen LogP contribution in [-0.2, 0) is 16.0 Å². The number of ether oxygens (including phenoxy) is 1. The zero-order valence-corrected chi connectivity index (χ0v) is 17.2. The quantitative estimate of drug-likeness (QED) is 0.471. The Morgan fingerprint density at radius 1 is 1.03 bits per heavy atom. The van der Waals surface area contributed by atoms with E-state index in [0.717, 1.165) is 27.0 Å². The van der Waals surface area contributed by atoms with Crippen LogP contribution in [0.25, 0.3) is 21.5 Å². The van der Waals surface area contributed by atoms with Crippen molar-refractivity contribution in [1.82, 2.24) is 10.3 Å². The average molecular weight is 417 g/mol. The van der Waals surface area contributed by atoms with Crippen molar-refractivity contribution >= 4 is 34.1 Å². The van der Waals surface area contributed by atoms with Crippen LogP contribution in [0.15, 0.2) is 78.2 Å². The normalized spacial score (nSPS) is 11.8. The van der Waals surface area contributed by atoms with Crippen LogP contribution in [0.3, 0.4) is 0 Å². The molecule has 0 spiro atoms. The SMILES string of the molecule is COC(=O)[C@@H](Cc1ccccc1)NC(=O)c1cc(-c2cccs2)nc2ccccc12. The van der Waals surface area contributed by atoms with Crippen molar-refractivity contribution < 1.29 is 14.3 Å². The summed E-state index contributed by atoms with van der Waals surface area (Å²) in [4.78, 5) is 31.3. The number of para-hydroxylation sites is 1. The van der Waals surface area contributed by atoms with Crippen molar-refractivity contribution in [2.45, 2.75) is 12.5 Å². The van der Waals surface area contributed by atoms with E-state index < -0.39 is 12.0 Å². The molecule has 2 aromatic heterocycles. The third-order valence-corrected chi connectivity index (χ3v) is 5.70. The maximum Gasteiger partial charge on any atom is 0.328 e. The van der Waals surface area contributed by atoms with Crippen LogP contribution in [0.2, 0.25) is 0 Å². The lowest BCUT2D eigenvalue weighted by molar-refractivity contribution is -0.142. The van der Waals surface area contributed by atoms with E-state index in [1.54, 1.807) is 17.4 Å². The summed E-state index contributed by atoms with van der Waals surface area (Å²) >= 11 is 1.56. The number of amides is 1. The van der Waals surface area contributed by atoms with Gasteiger partial charge in [-0.1, -0.05) is 54.6 Å². The van der Waals surface area contributed by atoms with Gasteiger partial charge in [-0.05, 0) is 29.1 Å². The molecule has 5 nitrogen and oxygen atoms in total. The van der Waals surface area contributed by atoms with Crippen molar-refractivity contribution in [1.29, 1.82) is 0 Å². The molecule has 0 unspecified atom stereocenters. The Morgan fingerprint density at radius 3 is 2.53 bits per heavy atom. The summed E-state index contributed by atoms with van der Waals surface area (Å²) in [5, 5.41) is 5.57. The summed E-state index contributed by atoms with van der Waals surface area (Å²) in [6.45, 7) is 0. The minimum Gasteiger partial charge on any atom is -0.467 e. The van der Waals surface area contributed by atoms with Gasteiger partial charge in [0.15, 0.2) is 0 Å². The van der Waals surface area contributed by atoms with Crippen molar-refractivity contribution in [3.8, 4) is 10.6 Å². The van der Waals surface area contributed by atoms with E-state index in [1.165, 1.54) is 7.11 Å². The van der Waals surface area contributed by atoms with Gasteiger partial charge < -0.3 is 10.1 Å². The number of pyridine rings is 1. The van der Waals surface area contributed by atoms with Gasteiger partial charge in [0.25, 0.3) is 5.91 Å². The number of thiophene rings is 1. The van der Waals surface area contributed by atoms with E-state index in [0.29, 0.717) is 12.0 Å². The molecule has 30 heavy (non-hydrogen) atoms. The second kappa shape index (κ2) is 8.88. The minimum absolute atomic E-state index is 0.335. The third-order valence-electron chi connectivity index (χ3n) is 4.81. The predicted octanol–water partition coefficient (Wildman–Crippen LogP) is 4.48. The number of fused-ring (bicyclic) bond motifs is 1. The fraction of sp³-hybridized carbons (Fsp3) is 0.125. The molecule has 1 atom stereocenters. The number of nitrogens with one attached hydrogen (secondary N) is 1.